The molecule has 7 N–H and O–H groups in total. The molecule has 16 heteroatoms. The number of Topliss-reactive ketones (excluding diaryl/α,β-unsaturated/α-hetero) is 1. The molecule has 0 saturated heterocycles. The van der Waals surface area contributed by atoms with Crippen molar-refractivity contribution in [2.75, 3.05) is 0 Å². The molecule has 330 valence electrons. The Hall–Kier alpha value is -8.89. The molecule has 0 aliphatic carbocycles. The quantitative estimate of drug-likeness (QED) is 0.0766. The number of nitrogens with zero attached hydrogens (tertiary/aromatic N) is 4. The van der Waals surface area contributed by atoms with Gasteiger partial charge < -0.3 is 36.0 Å². The Bertz CT molecular complexity index is 2930. The van der Waals surface area contributed by atoms with Gasteiger partial charge in [0.1, 0.15) is 41.3 Å². The van der Waals surface area contributed by atoms with Gasteiger partial charge in [-0.05, 0) is 66.1 Å². The number of carbonyl (C=O) groups excluding carboxylic acids is 5. The second kappa shape index (κ2) is 21.5. The maximum absolute atomic E-state index is 13.2. The summed E-state index contributed by atoms with van der Waals surface area (Å²) in [4.78, 5) is 79.4. The van der Waals surface area contributed by atoms with Crippen LogP contribution in [-0.2, 0) is 27.2 Å². The van der Waals surface area contributed by atoms with Crippen LogP contribution in [0.1, 0.15) is 31.8 Å². The van der Waals surface area contributed by atoms with E-state index in [1.807, 2.05) is 97.1 Å². The van der Waals surface area contributed by atoms with Crippen molar-refractivity contribution in [2.24, 2.45) is 11.5 Å². The highest BCUT2D eigenvalue weighted by Gasteiger charge is 2.29. The Morgan fingerprint density at radius 3 is 1.41 bits per heavy atom. The number of nitrogens with two attached hydrogens (primary N) is 2. The van der Waals surface area contributed by atoms with E-state index in [2.05, 4.69) is 30.6 Å². The second-order valence-electron chi connectivity index (χ2n) is 14.7. The fourth-order valence-electron chi connectivity index (χ4n) is 6.80. The summed E-state index contributed by atoms with van der Waals surface area (Å²) >= 11 is 0. The first-order valence-corrected chi connectivity index (χ1v) is 20.5. The number of rotatable bonds is 16. The highest BCUT2D eigenvalue weighted by molar-refractivity contribution is 6.38. The molecule has 0 fully saturated rings. The zero-order chi connectivity index (χ0) is 46.4. The summed E-state index contributed by atoms with van der Waals surface area (Å²) in [6.07, 6.45) is 4.69. The van der Waals surface area contributed by atoms with E-state index in [1.54, 1.807) is 54.7 Å². The zero-order valence-corrected chi connectivity index (χ0v) is 35.1. The van der Waals surface area contributed by atoms with E-state index in [4.69, 9.17) is 20.3 Å². The van der Waals surface area contributed by atoms with Crippen molar-refractivity contribution >= 4 is 29.4 Å². The molecule has 0 saturated carbocycles. The third-order valence-corrected chi connectivity index (χ3v) is 10.1. The van der Waals surface area contributed by atoms with Crippen molar-refractivity contribution in [2.45, 2.75) is 31.0 Å². The lowest BCUT2D eigenvalue weighted by Gasteiger charge is -2.22. The molecule has 4 heterocycles. The van der Waals surface area contributed by atoms with E-state index >= 15 is 0 Å². The lowest BCUT2D eigenvalue weighted by Crippen LogP contribution is -2.50. The molecule has 66 heavy (non-hydrogen) atoms. The molecule has 4 aromatic carbocycles. The van der Waals surface area contributed by atoms with Crippen LogP contribution in [0.2, 0.25) is 0 Å². The number of ketones is 1. The Kier molecular flexibility index (Phi) is 14.7. The maximum atomic E-state index is 13.2. The number of pyridine rings is 2. The van der Waals surface area contributed by atoms with Gasteiger partial charge >= 0.3 is 0 Å². The first-order chi connectivity index (χ1) is 32.0. The normalized spacial score (nSPS) is 12.1. The Morgan fingerprint density at radius 2 is 0.970 bits per heavy atom. The van der Waals surface area contributed by atoms with E-state index in [1.165, 1.54) is 18.7 Å². The summed E-state index contributed by atoms with van der Waals surface area (Å²) in [6.45, 7) is 0. The van der Waals surface area contributed by atoms with Crippen molar-refractivity contribution in [1.29, 1.82) is 0 Å². The van der Waals surface area contributed by atoms with Gasteiger partial charge in [0.25, 0.3) is 17.7 Å². The van der Waals surface area contributed by atoms with Gasteiger partial charge in [-0.15, -0.1) is 0 Å². The summed E-state index contributed by atoms with van der Waals surface area (Å²) in [7, 11) is 0. The van der Waals surface area contributed by atoms with Gasteiger partial charge in [-0.1, -0.05) is 97.1 Å². The smallest absolute Gasteiger partial charge is 0.287 e. The van der Waals surface area contributed by atoms with Crippen LogP contribution in [0.15, 0.2) is 179 Å². The number of aliphatic hydroxyl groups excluding tert-OH is 1. The first kappa shape index (κ1) is 45.1. The molecule has 0 radical (unpaired) electrons. The van der Waals surface area contributed by atoms with E-state index in [9.17, 15) is 29.1 Å². The molecule has 8 aromatic rings. The van der Waals surface area contributed by atoms with Crippen LogP contribution in [0.5, 0.6) is 0 Å². The average Bonchev–Trinajstić information content (AvgIpc) is 4.06. The van der Waals surface area contributed by atoms with Crippen LogP contribution in [0, 0.1) is 0 Å². The van der Waals surface area contributed by atoms with Crippen molar-refractivity contribution in [3.8, 4) is 45.7 Å². The highest BCUT2D eigenvalue weighted by Crippen LogP contribution is 2.27. The Labute approximate surface area is 377 Å². The van der Waals surface area contributed by atoms with Gasteiger partial charge in [-0.2, -0.15) is 0 Å². The number of benzene rings is 4. The molecule has 16 nitrogen and oxygen atoms in total. The largest absolute Gasteiger partial charge is 0.444 e. The molecule has 0 spiro atoms. The SMILES string of the molecule is NC(=O)C(=O)C(Cc1ccccc1)NC(=O)c1cccnc1-c1coc(-c2ccccc2)n1.NC(=O)C(O)C(Cc1ccccc1)NC(=O)c1cccnc1-c1coc(-c2ccccc2)n1. The van der Waals surface area contributed by atoms with Crippen LogP contribution >= 0.6 is 0 Å². The minimum Gasteiger partial charge on any atom is -0.444 e. The summed E-state index contributed by atoms with van der Waals surface area (Å²) < 4.78 is 11.2. The zero-order valence-electron chi connectivity index (χ0n) is 35.1. The van der Waals surface area contributed by atoms with Crippen LogP contribution in [0.4, 0.5) is 0 Å². The topological polar surface area (TPSA) is 260 Å². The van der Waals surface area contributed by atoms with Crippen LogP contribution in [0.3, 0.4) is 0 Å². The minimum atomic E-state index is -1.56. The maximum Gasteiger partial charge on any atom is 0.287 e. The number of aromatic nitrogens is 4. The third kappa shape index (κ3) is 11.4. The van der Waals surface area contributed by atoms with Gasteiger partial charge in [-0.3, -0.25) is 33.9 Å². The number of carbonyl (C=O) groups is 5. The molecule has 3 atom stereocenters. The van der Waals surface area contributed by atoms with Crippen LogP contribution in [0.25, 0.3) is 45.7 Å². The predicted molar refractivity (Wildman–Crippen MR) is 243 cm³/mol. The number of amides is 4. The first-order valence-electron chi connectivity index (χ1n) is 20.5. The fraction of sp³-hybridized carbons (Fsp3) is 0.100. The van der Waals surface area contributed by atoms with Gasteiger partial charge in [0, 0.05) is 29.9 Å². The fourth-order valence-corrected chi connectivity index (χ4v) is 6.80. The number of hydrogen-bond donors (Lipinski definition) is 5. The molecule has 0 aliphatic heterocycles. The van der Waals surface area contributed by atoms with Gasteiger partial charge in [0.05, 0.1) is 17.2 Å². The van der Waals surface area contributed by atoms with Crippen molar-refractivity contribution in [3.05, 3.63) is 193 Å². The molecule has 4 amide bonds. The van der Waals surface area contributed by atoms with E-state index < -0.39 is 47.6 Å². The van der Waals surface area contributed by atoms with Gasteiger partial charge in [0.2, 0.25) is 23.5 Å². The van der Waals surface area contributed by atoms with E-state index in [0.717, 1.165) is 22.3 Å². The van der Waals surface area contributed by atoms with Crippen molar-refractivity contribution < 1.29 is 37.9 Å². The van der Waals surface area contributed by atoms with Crippen LogP contribution < -0.4 is 22.1 Å². The highest BCUT2D eigenvalue weighted by atomic mass is 16.3. The Morgan fingerprint density at radius 1 is 0.545 bits per heavy atom. The predicted octanol–water partition coefficient (Wildman–Crippen LogP) is 5.39. The molecule has 4 aromatic heterocycles. The minimum absolute atomic E-state index is 0.117. The number of oxazole rings is 2. The molecular weight excluding hydrogens is 841 g/mol. The van der Waals surface area contributed by atoms with Crippen molar-refractivity contribution in [1.82, 2.24) is 30.6 Å². The average molecular weight is 883 g/mol. The summed E-state index contributed by atoms with van der Waals surface area (Å²) in [5, 5.41) is 15.7. The standard InChI is InChI=1S/C25H22N4O4.C25H20N4O4/c2*26-23(31)22(30)19(14-16-8-3-1-4-9-16)28-24(32)18-12-7-13-27-21(18)20-15-33-25(29-20)17-10-5-2-6-11-17/h1-13,15,19,22,30H,14H2,(H2,26,31)(H,28,32);1-13,15,19H,14H2,(H2,26,31)(H,28,32). The van der Waals surface area contributed by atoms with Crippen LogP contribution in [-0.4, -0.2) is 72.6 Å². The molecule has 3 unspecified atom stereocenters. The summed E-state index contributed by atoms with van der Waals surface area (Å²) in [6, 6.07) is 41.2. The molecular formula is C50H42N8O8. The number of aliphatic hydroxyl groups is 1. The third-order valence-electron chi connectivity index (χ3n) is 10.1. The lowest BCUT2D eigenvalue weighted by atomic mass is 10.00. The number of nitrogens with one attached hydrogen (secondary N) is 2. The monoisotopic (exact) mass is 882 g/mol. The van der Waals surface area contributed by atoms with Gasteiger partial charge in [0.15, 0.2) is 6.10 Å². The summed E-state index contributed by atoms with van der Waals surface area (Å²) in [5.41, 5.74) is 15.4. The van der Waals surface area contributed by atoms with E-state index in [0.29, 0.717) is 28.9 Å². The lowest BCUT2D eigenvalue weighted by molar-refractivity contribution is -0.137. The summed E-state index contributed by atoms with van der Waals surface area (Å²) in [5.74, 6) is -3.26. The second-order valence-corrected chi connectivity index (χ2v) is 14.7. The van der Waals surface area contributed by atoms with Gasteiger partial charge in [-0.25, -0.2) is 9.97 Å². The molecule has 8 rings (SSSR count). The Balaban J connectivity index is 0.000000196. The molecule has 0 bridgehead atoms. The number of primary amides is 2. The van der Waals surface area contributed by atoms with Crippen molar-refractivity contribution in [3.63, 3.8) is 0 Å². The number of hydrogen-bond acceptors (Lipinski definition) is 12. The van der Waals surface area contributed by atoms with E-state index in [-0.39, 0.29) is 29.7 Å². The molecule has 0 aliphatic rings.